The SMILES string of the molecule is Cc1cccc2c1c(Cc1c(-c3ccc4ccccc4c3C(=O)O)nc3ccccn13)cn2CCCc1cccnc1. The summed E-state index contributed by atoms with van der Waals surface area (Å²) in [4.78, 5) is 21.9. The van der Waals surface area contributed by atoms with Crippen LogP contribution in [0.3, 0.4) is 0 Å². The van der Waals surface area contributed by atoms with Gasteiger partial charge in [0.1, 0.15) is 5.65 Å². The molecule has 0 atom stereocenters. The van der Waals surface area contributed by atoms with Crippen molar-refractivity contribution in [2.45, 2.75) is 32.7 Å². The number of pyridine rings is 2. The predicted molar refractivity (Wildman–Crippen MR) is 167 cm³/mol. The van der Waals surface area contributed by atoms with Crippen LogP contribution in [0.25, 0.3) is 38.6 Å². The number of imidazole rings is 1. The lowest BCUT2D eigenvalue weighted by Gasteiger charge is -2.11. The fraction of sp³-hybridized carbons (Fsp3) is 0.139. The minimum absolute atomic E-state index is 0.284. The quantitative estimate of drug-likeness (QED) is 0.210. The third-order valence-corrected chi connectivity index (χ3v) is 8.17. The molecule has 7 aromatic rings. The molecule has 0 aliphatic rings. The maximum Gasteiger partial charge on any atom is 0.337 e. The van der Waals surface area contributed by atoms with Gasteiger partial charge in [-0.3, -0.25) is 4.98 Å². The molecule has 206 valence electrons. The van der Waals surface area contributed by atoms with Crippen LogP contribution in [0.2, 0.25) is 0 Å². The van der Waals surface area contributed by atoms with Crippen LogP contribution in [-0.4, -0.2) is 30.0 Å². The maximum atomic E-state index is 12.7. The summed E-state index contributed by atoms with van der Waals surface area (Å²) in [7, 11) is 0. The molecule has 1 N–H and O–H groups in total. The molecule has 0 fully saturated rings. The smallest absolute Gasteiger partial charge is 0.337 e. The lowest BCUT2D eigenvalue weighted by molar-refractivity contribution is 0.0700. The molecule has 3 aromatic carbocycles. The van der Waals surface area contributed by atoms with Crippen LogP contribution in [0.15, 0.2) is 110 Å². The van der Waals surface area contributed by atoms with Gasteiger partial charge >= 0.3 is 5.97 Å². The zero-order chi connectivity index (χ0) is 28.6. The first kappa shape index (κ1) is 25.7. The predicted octanol–water partition coefficient (Wildman–Crippen LogP) is 7.73. The van der Waals surface area contributed by atoms with E-state index in [9.17, 15) is 9.90 Å². The highest BCUT2D eigenvalue weighted by atomic mass is 16.4. The van der Waals surface area contributed by atoms with E-state index in [1.165, 1.54) is 27.6 Å². The van der Waals surface area contributed by atoms with E-state index in [1.807, 2.05) is 79.3 Å². The van der Waals surface area contributed by atoms with Crippen molar-refractivity contribution in [3.8, 4) is 11.3 Å². The van der Waals surface area contributed by atoms with Crippen LogP contribution < -0.4 is 0 Å². The molecule has 0 aliphatic heterocycles. The Bertz CT molecular complexity index is 2090. The van der Waals surface area contributed by atoms with Gasteiger partial charge in [-0.05, 0) is 71.5 Å². The Morgan fingerprint density at radius 1 is 0.929 bits per heavy atom. The summed E-state index contributed by atoms with van der Waals surface area (Å²) < 4.78 is 4.45. The van der Waals surface area contributed by atoms with Gasteiger partial charge in [0.15, 0.2) is 0 Å². The standard InChI is InChI=1S/C36H30N4O2/c1-24-9-6-14-30-33(24)27(23-39(30)19-8-11-25-10-7-18-37-22-25)21-31-35(38-32-15-4-5-20-40(31)32)29-17-16-26-12-2-3-13-28(26)34(29)36(41)42/h2-7,9-10,12-18,20,22-23H,8,11,19,21H2,1H3,(H,41,42). The van der Waals surface area contributed by atoms with Crippen LogP contribution in [0.5, 0.6) is 0 Å². The largest absolute Gasteiger partial charge is 0.478 e. The van der Waals surface area contributed by atoms with E-state index in [0.29, 0.717) is 23.1 Å². The van der Waals surface area contributed by atoms with Gasteiger partial charge in [-0.1, -0.05) is 60.7 Å². The molecule has 0 amide bonds. The van der Waals surface area contributed by atoms with E-state index >= 15 is 0 Å². The van der Waals surface area contributed by atoms with Gasteiger partial charge in [0.05, 0.1) is 17.0 Å². The fourth-order valence-corrected chi connectivity index (χ4v) is 6.26. The number of rotatable bonds is 8. The zero-order valence-corrected chi connectivity index (χ0v) is 23.4. The van der Waals surface area contributed by atoms with Crippen molar-refractivity contribution in [2.24, 2.45) is 0 Å². The van der Waals surface area contributed by atoms with E-state index < -0.39 is 5.97 Å². The number of nitrogens with zero attached hydrogens (tertiary/aromatic N) is 4. The second-order valence-corrected chi connectivity index (χ2v) is 10.8. The van der Waals surface area contributed by atoms with E-state index in [1.54, 1.807) is 0 Å². The summed E-state index contributed by atoms with van der Waals surface area (Å²) in [6.07, 6.45) is 10.6. The van der Waals surface area contributed by atoms with E-state index in [0.717, 1.165) is 36.1 Å². The Morgan fingerprint density at radius 3 is 2.67 bits per heavy atom. The monoisotopic (exact) mass is 550 g/mol. The molecule has 0 spiro atoms. The molecule has 0 saturated heterocycles. The molecule has 6 heteroatoms. The number of carbonyl (C=O) groups is 1. The third-order valence-electron chi connectivity index (χ3n) is 8.17. The number of hydrogen-bond donors (Lipinski definition) is 1. The van der Waals surface area contributed by atoms with Gasteiger partial charge in [-0.2, -0.15) is 0 Å². The van der Waals surface area contributed by atoms with Crippen LogP contribution in [0.4, 0.5) is 0 Å². The molecule has 7 rings (SSSR count). The van der Waals surface area contributed by atoms with Gasteiger partial charge in [0.25, 0.3) is 0 Å². The number of hydrogen-bond acceptors (Lipinski definition) is 3. The summed E-state index contributed by atoms with van der Waals surface area (Å²) in [5.74, 6) is -0.953. The van der Waals surface area contributed by atoms with E-state index in [2.05, 4.69) is 51.3 Å². The van der Waals surface area contributed by atoms with Crippen molar-refractivity contribution >= 4 is 33.3 Å². The van der Waals surface area contributed by atoms with Gasteiger partial charge < -0.3 is 14.1 Å². The van der Waals surface area contributed by atoms with Crippen molar-refractivity contribution in [1.82, 2.24) is 18.9 Å². The molecule has 42 heavy (non-hydrogen) atoms. The van der Waals surface area contributed by atoms with Crippen molar-refractivity contribution in [3.63, 3.8) is 0 Å². The lowest BCUT2D eigenvalue weighted by Crippen LogP contribution is -2.03. The van der Waals surface area contributed by atoms with E-state index in [4.69, 9.17) is 4.98 Å². The van der Waals surface area contributed by atoms with E-state index in [-0.39, 0.29) is 5.56 Å². The number of carboxylic acid groups (broad SMARTS) is 1. The number of benzene rings is 3. The molecule has 0 saturated carbocycles. The zero-order valence-electron chi connectivity index (χ0n) is 23.4. The Balaban J connectivity index is 1.35. The Hall–Kier alpha value is -5.23. The van der Waals surface area contributed by atoms with Crippen molar-refractivity contribution in [3.05, 3.63) is 138 Å². The normalized spacial score (nSPS) is 11.5. The van der Waals surface area contributed by atoms with Gasteiger partial charge in [-0.25, -0.2) is 9.78 Å². The second kappa shape index (κ2) is 10.6. The lowest BCUT2D eigenvalue weighted by atomic mass is 9.94. The van der Waals surface area contributed by atoms with Crippen LogP contribution in [0.1, 0.15) is 39.2 Å². The van der Waals surface area contributed by atoms with Gasteiger partial charge in [-0.15, -0.1) is 0 Å². The third kappa shape index (κ3) is 4.51. The summed E-state index contributed by atoms with van der Waals surface area (Å²) in [6, 6.07) is 28.0. The Morgan fingerprint density at radius 2 is 1.81 bits per heavy atom. The number of carboxylic acids is 1. The second-order valence-electron chi connectivity index (χ2n) is 10.8. The highest BCUT2D eigenvalue weighted by Gasteiger charge is 2.23. The van der Waals surface area contributed by atoms with Gasteiger partial charge in [0.2, 0.25) is 0 Å². The Kier molecular flexibility index (Phi) is 6.51. The number of fused-ring (bicyclic) bond motifs is 3. The maximum absolute atomic E-state index is 12.7. The summed E-state index contributed by atoms with van der Waals surface area (Å²) >= 11 is 0. The molecule has 6 nitrogen and oxygen atoms in total. The summed E-state index contributed by atoms with van der Waals surface area (Å²) in [6.45, 7) is 3.05. The molecule has 0 unspecified atom stereocenters. The van der Waals surface area contributed by atoms with Crippen LogP contribution in [0, 0.1) is 6.92 Å². The first-order valence-corrected chi connectivity index (χ1v) is 14.3. The summed E-state index contributed by atoms with van der Waals surface area (Å²) in [5, 5.41) is 13.2. The van der Waals surface area contributed by atoms with Crippen LogP contribution in [-0.2, 0) is 19.4 Å². The van der Waals surface area contributed by atoms with Crippen LogP contribution >= 0.6 is 0 Å². The number of aryl methyl sites for hydroxylation is 3. The average Bonchev–Trinajstić information content (AvgIpc) is 3.56. The van der Waals surface area contributed by atoms with Gasteiger partial charge in [0, 0.05) is 54.2 Å². The minimum Gasteiger partial charge on any atom is -0.478 e. The molecular weight excluding hydrogens is 520 g/mol. The first-order valence-electron chi connectivity index (χ1n) is 14.3. The highest BCUT2D eigenvalue weighted by Crippen LogP contribution is 2.35. The highest BCUT2D eigenvalue weighted by molar-refractivity contribution is 6.09. The molecule has 0 bridgehead atoms. The van der Waals surface area contributed by atoms with Crippen molar-refractivity contribution in [1.29, 1.82) is 0 Å². The fourth-order valence-electron chi connectivity index (χ4n) is 6.26. The molecule has 4 heterocycles. The Labute approximate surface area is 243 Å². The molecule has 0 aliphatic carbocycles. The average molecular weight is 551 g/mol. The van der Waals surface area contributed by atoms with Crippen molar-refractivity contribution < 1.29 is 9.90 Å². The minimum atomic E-state index is -0.953. The topological polar surface area (TPSA) is 72.4 Å². The molecule has 4 aromatic heterocycles. The number of aromatic carboxylic acids is 1. The molecule has 0 radical (unpaired) electrons. The number of aromatic nitrogens is 4. The molecular formula is C36H30N4O2. The van der Waals surface area contributed by atoms with Crippen molar-refractivity contribution in [2.75, 3.05) is 0 Å². The summed E-state index contributed by atoms with van der Waals surface area (Å²) in [5.41, 5.74) is 8.27. The first-order chi connectivity index (χ1) is 20.6.